The van der Waals surface area contributed by atoms with Crippen LogP contribution in [0.4, 0.5) is 5.69 Å². The molecule has 1 atom stereocenters. The summed E-state index contributed by atoms with van der Waals surface area (Å²) in [5.74, 6) is -0.0103. The molecule has 9 heteroatoms. The first kappa shape index (κ1) is 34.2. The molecule has 0 heterocycles. The van der Waals surface area contributed by atoms with Crippen LogP contribution < -0.4 is 14.4 Å². The molecule has 0 aliphatic rings. The van der Waals surface area contributed by atoms with E-state index in [0.717, 1.165) is 21.0 Å². The fourth-order valence-corrected chi connectivity index (χ4v) is 6.51. The van der Waals surface area contributed by atoms with Crippen molar-refractivity contribution in [1.29, 1.82) is 0 Å². The molecule has 0 bridgehead atoms. The lowest BCUT2D eigenvalue weighted by Crippen LogP contribution is -2.53. The van der Waals surface area contributed by atoms with Crippen LogP contribution in [0, 0.1) is 12.8 Å². The Kier molecular flexibility index (Phi) is 12.0. The van der Waals surface area contributed by atoms with E-state index in [1.54, 1.807) is 42.5 Å². The van der Waals surface area contributed by atoms with Crippen LogP contribution in [0.5, 0.6) is 5.75 Å². The minimum absolute atomic E-state index is 0.0534. The fourth-order valence-electron chi connectivity index (χ4n) is 5.07. The van der Waals surface area contributed by atoms with Gasteiger partial charge in [0.25, 0.3) is 10.0 Å². The summed E-state index contributed by atoms with van der Waals surface area (Å²) in [5, 5.41) is 3.02. The van der Waals surface area contributed by atoms with Gasteiger partial charge in [-0.15, -0.1) is 0 Å². The number of nitrogens with one attached hydrogen (secondary N) is 1. The lowest BCUT2D eigenvalue weighted by Gasteiger charge is -2.34. The lowest BCUT2D eigenvalue weighted by molar-refractivity contribution is -0.140. The normalized spacial score (nSPS) is 11.9. The van der Waals surface area contributed by atoms with Crippen molar-refractivity contribution in [2.24, 2.45) is 5.92 Å². The van der Waals surface area contributed by atoms with Crippen molar-refractivity contribution >= 4 is 27.5 Å². The summed E-state index contributed by atoms with van der Waals surface area (Å²) in [5.41, 5.74) is 3.01. The molecule has 0 aliphatic heterocycles. The van der Waals surface area contributed by atoms with Crippen LogP contribution in [0.2, 0.25) is 0 Å². The minimum atomic E-state index is -4.17. The Balaban J connectivity index is 1.80. The molecule has 0 radical (unpaired) electrons. The Morgan fingerprint density at radius 2 is 1.43 bits per heavy atom. The van der Waals surface area contributed by atoms with Gasteiger partial charge in [0.1, 0.15) is 18.3 Å². The van der Waals surface area contributed by atoms with E-state index < -0.39 is 28.5 Å². The van der Waals surface area contributed by atoms with Gasteiger partial charge < -0.3 is 15.0 Å². The van der Waals surface area contributed by atoms with Crippen LogP contribution in [-0.2, 0) is 32.6 Å². The second-order valence-electron chi connectivity index (χ2n) is 11.5. The Labute approximate surface area is 273 Å². The molecule has 0 saturated heterocycles. The quantitative estimate of drug-likeness (QED) is 0.172. The molecule has 2 amide bonds. The van der Waals surface area contributed by atoms with Crippen molar-refractivity contribution < 1.29 is 22.7 Å². The summed E-state index contributed by atoms with van der Waals surface area (Å²) in [4.78, 5) is 30.0. The van der Waals surface area contributed by atoms with Crippen molar-refractivity contribution in [2.75, 3.05) is 24.0 Å². The highest BCUT2D eigenvalue weighted by Gasteiger charge is 2.34. The highest BCUT2D eigenvalue weighted by molar-refractivity contribution is 7.92. The largest absolute Gasteiger partial charge is 0.494 e. The molecular weight excluding hydrogens is 598 g/mol. The van der Waals surface area contributed by atoms with Crippen molar-refractivity contribution in [3.05, 3.63) is 126 Å². The predicted molar refractivity (Wildman–Crippen MR) is 182 cm³/mol. The number of carbonyl (C=O) groups is 2. The second kappa shape index (κ2) is 16.1. The topological polar surface area (TPSA) is 96.0 Å². The van der Waals surface area contributed by atoms with Crippen LogP contribution >= 0.6 is 0 Å². The summed E-state index contributed by atoms with van der Waals surface area (Å²) in [6.07, 6.45) is 0.261. The van der Waals surface area contributed by atoms with E-state index >= 15 is 0 Å². The molecule has 8 nitrogen and oxygen atoms in total. The zero-order valence-electron chi connectivity index (χ0n) is 26.9. The van der Waals surface area contributed by atoms with Crippen molar-refractivity contribution in [3.63, 3.8) is 0 Å². The van der Waals surface area contributed by atoms with Gasteiger partial charge in [-0.25, -0.2) is 8.42 Å². The molecule has 0 aliphatic carbocycles. The summed E-state index contributed by atoms with van der Waals surface area (Å²) in [6.45, 7) is 8.34. The van der Waals surface area contributed by atoms with E-state index in [9.17, 15) is 18.0 Å². The molecule has 46 heavy (non-hydrogen) atoms. The van der Waals surface area contributed by atoms with Gasteiger partial charge in [-0.05, 0) is 72.9 Å². The maximum atomic E-state index is 14.6. The van der Waals surface area contributed by atoms with Gasteiger partial charge in [0, 0.05) is 19.5 Å². The van der Waals surface area contributed by atoms with Crippen LogP contribution in [0.25, 0.3) is 0 Å². The maximum Gasteiger partial charge on any atom is 0.264 e. The molecule has 0 aromatic heterocycles. The number of anilines is 1. The number of sulfonamides is 1. The second-order valence-corrected chi connectivity index (χ2v) is 13.4. The molecule has 0 unspecified atom stereocenters. The zero-order chi connectivity index (χ0) is 33.1. The Hall–Kier alpha value is -4.63. The number of aryl methyl sites for hydroxylation is 1. The van der Waals surface area contributed by atoms with E-state index in [4.69, 9.17) is 4.74 Å². The summed E-state index contributed by atoms with van der Waals surface area (Å²) < 4.78 is 34.9. The standard InChI is InChI=1S/C37H43N3O5S/c1-5-45-33-22-20-32(21-23-33)40(46(43,44)34-18-10-7-11-19-34)27-36(41)39(26-31-17-13-12-14-29(31)4)35(37(42)38-25-28(2)3)24-30-15-8-6-9-16-30/h6-23,28,35H,5,24-27H2,1-4H3,(H,38,42)/t35-/m0/s1. The lowest BCUT2D eigenvalue weighted by atomic mass is 10.0. The average Bonchev–Trinajstić information content (AvgIpc) is 3.06. The summed E-state index contributed by atoms with van der Waals surface area (Å²) in [7, 11) is -4.17. The number of carbonyl (C=O) groups excluding carboxylic acids is 2. The van der Waals surface area contributed by atoms with Gasteiger partial charge in [-0.2, -0.15) is 0 Å². The number of nitrogens with zero attached hydrogens (tertiary/aromatic N) is 2. The Morgan fingerprint density at radius 3 is 2.04 bits per heavy atom. The van der Waals surface area contributed by atoms with Gasteiger partial charge in [0.2, 0.25) is 11.8 Å². The monoisotopic (exact) mass is 641 g/mol. The highest BCUT2D eigenvalue weighted by atomic mass is 32.2. The fraction of sp³-hybridized carbons (Fsp3) is 0.297. The molecule has 0 saturated carbocycles. The SMILES string of the molecule is CCOc1ccc(N(CC(=O)N(Cc2ccccc2C)[C@@H](Cc2ccccc2)C(=O)NCC(C)C)S(=O)(=O)c2ccccc2)cc1. The van der Waals surface area contributed by atoms with Crippen LogP contribution in [0.15, 0.2) is 114 Å². The number of ether oxygens (including phenoxy) is 1. The zero-order valence-corrected chi connectivity index (χ0v) is 27.7. The number of hydrogen-bond acceptors (Lipinski definition) is 5. The van der Waals surface area contributed by atoms with Crippen molar-refractivity contribution in [1.82, 2.24) is 10.2 Å². The molecule has 4 aromatic carbocycles. The van der Waals surface area contributed by atoms with E-state index in [-0.39, 0.29) is 29.7 Å². The summed E-state index contributed by atoms with van der Waals surface area (Å²) >= 11 is 0. The average molecular weight is 642 g/mol. The minimum Gasteiger partial charge on any atom is -0.494 e. The van der Waals surface area contributed by atoms with Gasteiger partial charge in [0.05, 0.1) is 17.2 Å². The van der Waals surface area contributed by atoms with Crippen molar-refractivity contribution in [3.8, 4) is 5.75 Å². The third-order valence-corrected chi connectivity index (χ3v) is 9.39. The van der Waals surface area contributed by atoms with Gasteiger partial charge in [-0.1, -0.05) is 86.6 Å². The first-order valence-corrected chi connectivity index (χ1v) is 17.0. The third kappa shape index (κ3) is 8.97. The van der Waals surface area contributed by atoms with Gasteiger partial charge in [0.15, 0.2) is 0 Å². The van der Waals surface area contributed by atoms with Gasteiger partial charge >= 0.3 is 0 Å². The molecule has 4 rings (SSSR count). The van der Waals surface area contributed by atoms with E-state index in [2.05, 4.69) is 5.32 Å². The van der Waals surface area contributed by atoms with Crippen molar-refractivity contribution in [2.45, 2.75) is 51.6 Å². The Bertz CT molecular complexity index is 1680. The highest BCUT2D eigenvalue weighted by Crippen LogP contribution is 2.27. The third-order valence-electron chi connectivity index (χ3n) is 7.60. The first-order valence-electron chi connectivity index (χ1n) is 15.6. The molecule has 0 fully saturated rings. The Morgan fingerprint density at radius 1 is 0.826 bits per heavy atom. The van der Waals surface area contributed by atoms with Crippen LogP contribution in [0.1, 0.15) is 37.5 Å². The summed E-state index contributed by atoms with van der Waals surface area (Å²) in [6, 6.07) is 31.0. The maximum absolute atomic E-state index is 14.6. The molecular formula is C37H43N3O5S. The number of amides is 2. The molecule has 4 aromatic rings. The van der Waals surface area contributed by atoms with E-state index in [1.807, 2.05) is 82.3 Å². The van der Waals surface area contributed by atoms with Crippen LogP contribution in [-0.4, -0.2) is 50.9 Å². The van der Waals surface area contributed by atoms with E-state index in [1.165, 1.54) is 17.0 Å². The first-order chi connectivity index (χ1) is 22.1. The smallest absolute Gasteiger partial charge is 0.264 e. The molecule has 242 valence electrons. The number of benzene rings is 4. The van der Waals surface area contributed by atoms with Crippen LogP contribution in [0.3, 0.4) is 0 Å². The predicted octanol–water partition coefficient (Wildman–Crippen LogP) is 6.00. The molecule has 0 spiro atoms. The number of hydrogen-bond donors (Lipinski definition) is 1. The van der Waals surface area contributed by atoms with E-state index in [0.29, 0.717) is 24.6 Å². The molecule has 1 N–H and O–H groups in total. The van der Waals surface area contributed by atoms with Gasteiger partial charge in [-0.3, -0.25) is 13.9 Å². The number of rotatable bonds is 15.